The Kier molecular flexibility index (Phi) is 22.0. The number of alkyl halides is 4. The zero-order chi connectivity index (χ0) is 42.3. The second kappa shape index (κ2) is 25.1. The fraction of sp³-hybridized carbons (Fsp3) is 0.500. The van der Waals surface area contributed by atoms with Crippen molar-refractivity contribution in [3.8, 4) is 23.7 Å². The van der Waals surface area contributed by atoms with Crippen LogP contribution in [0, 0.1) is 47.4 Å². The van der Waals surface area contributed by atoms with Crippen molar-refractivity contribution < 1.29 is 32.9 Å². The number of H-pyrrole nitrogens is 2. The number of rotatable bonds is 6. The van der Waals surface area contributed by atoms with Crippen molar-refractivity contribution in [2.75, 3.05) is 0 Å². The molecule has 0 atom stereocenters. The number of hydrogen-bond donors (Lipinski definition) is 4. The van der Waals surface area contributed by atoms with E-state index in [2.05, 4.69) is 122 Å². The van der Waals surface area contributed by atoms with Crippen LogP contribution in [-0.2, 0) is 22.7 Å². The second-order valence-electron chi connectivity index (χ2n) is 14.7. The van der Waals surface area contributed by atoms with Crippen LogP contribution in [0.1, 0.15) is 133 Å². The fourth-order valence-corrected chi connectivity index (χ4v) is 5.18. The molecule has 314 valence electrons. The van der Waals surface area contributed by atoms with Gasteiger partial charge in [0.15, 0.2) is 0 Å². The number of hydrogen-bond acceptors (Lipinski definition) is 4. The maximum absolute atomic E-state index is 13.3. The third-order valence-corrected chi connectivity index (χ3v) is 7.86. The molecule has 1 aromatic carbocycles. The Morgan fingerprint density at radius 1 is 0.661 bits per heavy atom. The Morgan fingerprint density at radius 2 is 0.946 bits per heavy atom. The quantitative estimate of drug-likeness (QED) is 0.113. The Morgan fingerprint density at radius 3 is 1.23 bits per heavy atom. The van der Waals surface area contributed by atoms with E-state index in [0.717, 1.165) is 23.0 Å². The summed E-state index contributed by atoms with van der Waals surface area (Å²) < 4.78 is 53.3. The van der Waals surface area contributed by atoms with Gasteiger partial charge in [0.25, 0.3) is 0 Å². The molecule has 0 saturated heterocycles. The van der Waals surface area contributed by atoms with E-state index < -0.39 is 23.7 Å². The molecule has 4 N–H and O–H groups in total. The number of aromatic amines is 2. The van der Waals surface area contributed by atoms with Crippen LogP contribution in [-0.4, -0.2) is 43.6 Å². The van der Waals surface area contributed by atoms with E-state index in [1.165, 1.54) is 0 Å². The highest BCUT2D eigenvalue weighted by Gasteiger charge is 2.38. The number of amides is 2. The minimum absolute atomic E-state index is 0. The van der Waals surface area contributed by atoms with Gasteiger partial charge in [0.2, 0.25) is 23.7 Å². The maximum Gasteiger partial charge on any atom is 0.248 e. The molecule has 0 unspecified atom stereocenters. The molecule has 2 amide bonds. The first-order valence-electron chi connectivity index (χ1n) is 19.0. The summed E-state index contributed by atoms with van der Waals surface area (Å²) in [7, 11) is 0. The smallest absolute Gasteiger partial charge is 0.248 e. The largest absolute Gasteiger partial charge is 0.349 e. The molecule has 2 aliphatic rings. The van der Waals surface area contributed by atoms with Crippen LogP contribution < -0.4 is 10.6 Å². The molecule has 2 aromatic heterocycles. The lowest BCUT2D eigenvalue weighted by Crippen LogP contribution is -2.35. The van der Waals surface area contributed by atoms with Crippen molar-refractivity contribution in [1.82, 2.24) is 30.6 Å². The third-order valence-electron chi connectivity index (χ3n) is 7.86. The fourth-order valence-electron chi connectivity index (χ4n) is 5.18. The molecule has 0 spiro atoms. The zero-order valence-corrected chi connectivity index (χ0v) is 33.9. The zero-order valence-electron chi connectivity index (χ0n) is 33.9. The van der Waals surface area contributed by atoms with Crippen molar-refractivity contribution in [3.05, 3.63) is 97.1 Å². The standard InChI is InChI=1S/C32H32F4N6O2.2C4H10.2C2H4.4H2/c33-31(34)13-9-23(10-14-31)29(43)39-19-27-37-17-25(41-27)7-5-21-1-2-22(4-3-21)6-8-26-18-38-28(42-26)20-40-30(44)24-11-15-32(35,36)16-12-24;2*1-4(2)3;2*1-2;;;;/h1-4,17-18,23-24H,9-16,19-20H2,(H,37,41)(H,38,42)(H,39,43)(H,40,44);2*4H,1-3H3;2*1-2H2;4*1H. The van der Waals surface area contributed by atoms with Gasteiger partial charge in [-0.3, -0.25) is 9.59 Å². The normalized spacial score (nSPS) is 15.5. The SMILES string of the molecule is C=C.C=C.CC(C)C.CC(C)C.O=C(NCc1ncc(C#Cc2ccc(C#Cc3cnc(CNC(=O)C4CCC(F)(F)CC4)[nH]3)cc2)[nH]1)C1CCC(F)(F)CC1.[HH].[HH].[HH].[HH]. The Bertz CT molecular complexity index is 1610. The highest BCUT2D eigenvalue weighted by molar-refractivity contribution is 5.79. The van der Waals surface area contributed by atoms with Gasteiger partial charge in [-0.25, -0.2) is 27.5 Å². The average molecular weight is 789 g/mol. The van der Waals surface area contributed by atoms with Gasteiger partial charge in [-0.1, -0.05) is 53.4 Å². The topological polar surface area (TPSA) is 116 Å². The molecule has 12 heteroatoms. The monoisotopic (exact) mass is 789 g/mol. The lowest BCUT2D eigenvalue weighted by atomic mass is 9.86. The first-order chi connectivity index (χ1) is 26.5. The number of halogens is 4. The number of carbonyl (C=O) groups excluding carboxylic acids is 2. The molecule has 2 fully saturated rings. The van der Waals surface area contributed by atoms with Crippen LogP contribution in [0.2, 0.25) is 0 Å². The summed E-state index contributed by atoms with van der Waals surface area (Å²) in [4.78, 5) is 39.1. The van der Waals surface area contributed by atoms with Crippen LogP contribution in [0.4, 0.5) is 17.6 Å². The van der Waals surface area contributed by atoms with Gasteiger partial charge in [0.05, 0.1) is 25.5 Å². The van der Waals surface area contributed by atoms with Gasteiger partial charge in [-0.2, -0.15) is 0 Å². The van der Waals surface area contributed by atoms with E-state index in [-0.39, 0.29) is 82.0 Å². The molecule has 0 aliphatic heterocycles. The molecule has 2 aliphatic carbocycles. The first kappa shape index (κ1) is 48.9. The van der Waals surface area contributed by atoms with Gasteiger partial charge in [0.1, 0.15) is 23.0 Å². The molecule has 56 heavy (non-hydrogen) atoms. The molecule has 5 rings (SSSR count). The molecule has 0 radical (unpaired) electrons. The molecule has 3 aromatic rings. The number of carbonyl (C=O) groups is 2. The number of nitrogens with one attached hydrogen (secondary N) is 4. The van der Waals surface area contributed by atoms with E-state index >= 15 is 0 Å². The molecule has 0 bridgehead atoms. The summed E-state index contributed by atoms with van der Waals surface area (Å²) in [5.41, 5.74) is 2.66. The van der Waals surface area contributed by atoms with Crippen LogP contribution >= 0.6 is 0 Å². The first-order valence-corrected chi connectivity index (χ1v) is 19.0. The van der Waals surface area contributed by atoms with Crippen LogP contribution in [0.5, 0.6) is 0 Å². The maximum atomic E-state index is 13.3. The van der Waals surface area contributed by atoms with Gasteiger partial charge in [0, 0.05) is 54.4 Å². The number of benzene rings is 1. The Hall–Kier alpha value is -5.10. The molecule has 2 saturated carbocycles. The lowest BCUT2D eigenvalue weighted by Gasteiger charge is -2.27. The average Bonchev–Trinajstić information content (AvgIpc) is 3.82. The van der Waals surface area contributed by atoms with E-state index in [1.807, 2.05) is 24.3 Å². The second-order valence-corrected chi connectivity index (χ2v) is 14.7. The minimum Gasteiger partial charge on any atom is -0.349 e. The van der Waals surface area contributed by atoms with Gasteiger partial charge in [-0.15, -0.1) is 26.3 Å². The van der Waals surface area contributed by atoms with Crippen molar-refractivity contribution in [2.45, 2.75) is 118 Å². The summed E-state index contributed by atoms with van der Waals surface area (Å²) in [5, 5.41) is 5.51. The van der Waals surface area contributed by atoms with Crippen molar-refractivity contribution in [2.24, 2.45) is 23.7 Å². The summed E-state index contributed by atoms with van der Waals surface area (Å²) >= 11 is 0. The Labute approximate surface area is 337 Å². The summed E-state index contributed by atoms with van der Waals surface area (Å²) in [5.74, 6) is 8.15. The van der Waals surface area contributed by atoms with Gasteiger partial charge >= 0.3 is 0 Å². The van der Waals surface area contributed by atoms with Crippen molar-refractivity contribution in [3.63, 3.8) is 0 Å². The van der Waals surface area contributed by atoms with Crippen LogP contribution in [0.3, 0.4) is 0 Å². The predicted octanol–water partition coefficient (Wildman–Crippen LogP) is 10.7. The van der Waals surface area contributed by atoms with E-state index in [4.69, 9.17) is 0 Å². The van der Waals surface area contributed by atoms with E-state index in [9.17, 15) is 27.2 Å². The van der Waals surface area contributed by atoms with Crippen molar-refractivity contribution >= 4 is 11.8 Å². The predicted molar refractivity (Wildman–Crippen MR) is 225 cm³/mol. The highest BCUT2D eigenvalue weighted by Crippen LogP contribution is 2.37. The van der Waals surface area contributed by atoms with E-state index in [0.29, 0.717) is 23.0 Å². The molecular weight excluding hydrogens is 721 g/mol. The Balaban J connectivity index is -0.000000880. The van der Waals surface area contributed by atoms with Gasteiger partial charge in [-0.05, 0) is 73.6 Å². The number of nitrogens with zero attached hydrogens (tertiary/aromatic N) is 2. The minimum atomic E-state index is -2.67. The summed E-state index contributed by atoms with van der Waals surface area (Å²) in [6.45, 7) is 25.3. The molecule has 8 nitrogen and oxygen atoms in total. The number of imidazole rings is 2. The number of aromatic nitrogens is 4. The van der Waals surface area contributed by atoms with Crippen molar-refractivity contribution in [1.29, 1.82) is 0 Å². The van der Waals surface area contributed by atoms with Crippen LogP contribution in [0.25, 0.3) is 0 Å². The molecule has 2 heterocycles. The summed E-state index contributed by atoms with van der Waals surface area (Å²) in [6, 6.07) is 7.32. The lowest BCUT2D eigenvalue weighted by molar-refractivity contribution is -0.130. The van der Waals surface area contributed by atoms with Gasteiger partial charge < -0.3 is 20.6 Å². The molecular formula is C44H68F4N6O2. The van der Waals surface area contributed by atoms with E-state index in [1.54, 1.807) is 12.4 Å². The summed E-state index contributed by atoms with van der Waals surface area (Å²) in [6.07, 6.45) is 2.81. The highest BCUT2D eigenvalue weighted by atomic mass is 19.3. The third kappa shape index (κ3) is 20.0. The van der Waals surface area contributed by atoms with Crippen LogP contribution in [0.15, 0.2) is 63.0 Å².